The number of primary amides is 1. The zero-order chi connectivity index (χ0) is 20.3. The van der Waals surface area contributed by atoms with E-state index in [-0.39, 0.29) is 28.7 Å². The summed E-state index contributed by atoms with van der Waals surface area (Å²) >= 11 is 3.24. The second-order valence-corrected chi connectivity index (χ2v) is 6.40. The largest absolute Gasteiger partial charge is 0.455 e. The zero-order valence-corrected chi connectivity index (χ0v) is 15.6. The van der Waals surface area contributed by atoms with E-state index in [9.17, 15) is 18.0 Å². The van der Waals surface area contributed by atoms with Gasteiger partial charge in [0, 0.05) is 6.07 Å². The molecule has 28 heavy (non-hydrogen) atoms. The van der Waals surface area contributed by atoms with E-state index in [0.29, 0.717) is 4.47 Å². The molecule has 0 aliphatic heterocycles. The normalized spacial score (nSPS) is 11.1. The maximum absolute atomic E-state index is 12.8. The Labute approximate surface area is 166 Å². The van der Waals surface area contributed by atoms with Crippen molar-refractivity contribution in [3.63, 3.8) is 0 Å². The zero-order valence-electron chi connectivity index (χ0n) is 14.0. The van der Waals surface area contributed by atoms with Crippen molar-refractivity contribution in [2.24, 2.45) is 5.73 Å². The highest BCUT2D eigenvalue weighted by Crippen LogP contribution is 2.35. The number of rotatable bonds is 5. The Bertz CT molecular complexity index is 1030. The summed E-state index contributed by atoms with van der Waals surface area (Å²) in [6.07, 6.45) is -3.17. The van der Waals surface area contributed by atoms with Crippen LogP contribution in [0.5, 0.6) is 23.1 Å². The van der Waals surface area contributed by atoms with Crippen molar-refractivity contribution >= 4 is 21.8 Å². The van der Waals surface area contributed by atoms with Gasteiger partial charge in [-0.05, 0) is 46.3 Å². The lowest BCUT2D eigenvalue weighted by Crippen LogP contribution is -2.12. The average Bonchev–Trinajstić information content (AvgIpc) is 2.64. The Morgan fingerprint density at radius 1 is 1.00 bits per heavy atom. The van der Waals surface area contributed by atoms with Crippen molar-refractivity contribution < 1.29 is 27.4 Å². The van der Waals surface area contributed by atoms with Crippen molar-refractivity contribution in [3.8, 4) is 23.1 Å². The quantitative estimate of drug-likeness (QED) is 0.550. The molecular formula is C19H12BrF3N2O3. The molecule has 0 unspecified atom stereocenters. The SMILES string of the molecule is NC(=O)c1ccccc1Oc1cnc(Oc2cccc(C(F)(F)F)c2)c(Br)c1. The van der Waals surface area contributed by atoms with Crippen molar-refractivity contribution in [3.05, 3.63) is 76.4 Å². The van der Waals surface area contributed by atoms with Gasteiger partial charge in [0.15, 0.2) is 0 Å². The van der Waals surface area contributed by atoms with Gasteiger partial charge in [0.2, 0.25) is 5.88 Å². The Morgan fingerprint density at radius 3 is 2.43 bits per heavy atom. The number of nitrogens with zero attached hydrogens (tertiary/aromatic N) is 1. The van der Waals surface area contributed by atoms with Gasteiger partial charge in [0.1, 0.15) is 17.2 Å². The maximum atomic E-state index is 12.8. The van der Waals surface area contributed by atoms with Crippen molar-refractivity contribution in [1.82, 2.24) is 4.98 Å². The van der Waals surface area contributed by atoms with Gasteiger partial charge in [-0.25, -0.2) is 4.98 Å². The number of carbonyl (C=O) groups is 1. The first-order valence-corrected chi connectivity index (χ1v) is 8.60. The number of pyridine rings is 1. The Balaban J connectivity index is 1.81. The second-order valence-electron chi connectivity index (χ2n) is 5.55. The lowest BCUT2D eigenvalue weighted by molar-refractivity contribution is -0.137. The van der Waals surface area contributed by atoms with Gasteiger partial charge in [-0.3, -0.25) is 4.79 Å². The molecule has 0 saturated heterocycles. The third kappa shape index (κ3) is 4.61. The molecule has 0 saturated carbocycles. The van der Waals surface area contributed by atoms with Gasteiger partial charge in [0.25, 0.3) is 5.91 Å². The fourth-order valence-electron chi connectivity index (χ4n) is 2.27. The predicted octanol–water partition coefficient (Wildman–Crippen LogP) is 5.55. The molecule has 2 N–H and O–H groups in total. The first-order chi connectivity index (χ1) is 13.2. The number of alkyl halides is 3. The highest BCUT2D eigenvalue weighted by atomic mass is 79.9. The first kappa shape index (κ1) is 19.7. The molecule has 1 amide bonds. The molecule has 0 aliphatic rings. The minimum atomic E-state index is -4.48. The molecule has 3 rings (SSSR count). The average molecular weight is 453 g/mol. The number of amides is 1. The summed E-state index contributed by atoms with van der Waals surface area (Å²) in [6, 6.07) is 12.4. The molecule has 0 radical (unpaired) electrons. The molecule has 1 heterocycles. The van der Waals surface area contributed by atoms with Gasteiger partial charge in [-0.2, -0.15) is 13.2 Å². The summed E-state index contributed by atoms with van der Waals surface area (Å²) in [5, 5.41) is 0. The van der Waals surface area contributed by atoms with Crippen LogP contribution in [-0.4, -0.2) is 10.9 Å². The minimum Gasteiger partial charge on any atom is -0.455 e. The highest BCUT2D eigenvalue weighted by Gasteiger charge is 2.30. The molecular weight excluding hydrogens is 441 g/mol. The van der Waals surface area contributed by atoms with E-state index in [0.717, 1.165) is 12.1 Å². The van der Waals surface area contributed by atoms with Crippen LogP contribution < -0.4 is 15.2 Å². The second kappa shape index (κ2) is 7.89. The third-order valence-corrected chi connectivity index (χ3v) is 4.11. The Morgan fingerprint density at radius 2 is 1.75 bits per heavy atom. The van der Waals surface area contributed by atoms with Crippen LogP contribution in [0.4, 0.5) is 13.2 Å². The highest BCUT2D eigenvalue weighted by molar-refractivity contribution is 9.10. The van der Waals surface area contributed by atoms with Gasteiger partial charge in [-0.1, -0.05) is 18.2 Å². The molecule has 0 spiro atoms. The molecule has 0 aliphatic carbocycles. The van der Waals surface area contributed by atoms with E-state index in [4.69, 9.17) is 15.2 Å². The van der Waals surface area contributed by atoms with E-state index in [1.165, 1.54) is 30.5 Å². The number of halogens is 4. The van der Waals surface area contributed by atoms with Crippen molar-refractivity contribution in [2.75, 3.05) is 0 Å². The molecule has 3 aromatic rings. The monoisotopic (exact) mass is 452 g/mol. The van der Waals surface area contributed by atoms with Crippen LogP contribution in [0.25, 0.3) is 0 Å². The van der Waals surface area contributed by atoms with E-state index in [1.54, 1.807) is 18.2 Å². The number of hydrogen-bond acceptors (Lipinski definition) is 4. The standard InChI is InChI=1S/C19H12BrF3N2O3/c20-15-9-13(27-16-7-2-1-6-14(16)17(24)26)10-25-18(15)28-12-5-3-4-11(8-12)19(21,22)23/h1-10H,(H2,24,26). The van der Waals surface area contributed by atoms with Crippen LogP contribution >= 0.6 is 15.9 Å². The summed E-state index contributed by atoms with van der Waals surface area (Å²) in [4.78, 5) is 15.5. The van der Waals surface area contributed by atoms with E-state index in [1.807, 2.05) is 0 Å². The van der Waals surface area contributed by atoms with Crippen molar-refractivity contribution in [2.45, 2.75) is 6.18 Å². The van der Waals surface area contributed by atoms with Crippen LogP contribution in [0.15, 0.2) is 65.3 Å². The van der Waals surface area contributed by atoms with Crippen LogP contribution in [0.2, 0.25) is 0 Å². The lowest BCUT2D eigenvalue weighted by atomic mass is 10.2. The van der Waals surface area contributed by atoms with Gasteiger partial charge in [-0.15, -0.1) is 0 Å². The van der Waals surface area contributed by atoms with E-state index >= 15 is 0 Å². The number of aromatic nitrogens is 1. The van der Waals surface area contributed by atoms with Crippen LogP contribution in [-0.2, 0) is 6.18 Å². The fraction of sp³-hybridized carbons (Fsp3) is 0.0526. The molecule has 0 atom stereocenters. The summed E-state index contributed by atoms with van der Waals surface area (Å²) in [6.45, 7) is 0. The van der Waals surface area contributed by atoms with Gasteiger partial charge in [0.05, 0.1) is 21.8 Å². The minimum absolute atomic E-state index is 0.0178. The van der Waals surface area contributed by atoms with E-state index in [2.05, 4.69) is 20.9 Å². The van der Waals surface area contributed by atoms with Crippen LogP contribution in [0, 0.1) is 0 Å². The predicted molar refractivity (Wildman–Crippen MR) is 98.5 cm³/mol. The topological polar surface area (TPSA) is 74.4 Å². The number of nitrogens with two attached hydrogens (primary N) is 1. The van der Waals surface area contributed by atoms with E-state index < -0.39 is 17.6 Å². The Hall–Kier alpha value is -3.07. The number of para-hydroxylation sites is 1. The Kier molecular flexibility index (Phi) is 5.55. The molecule has 9 heteroatoms. The van der Waals surface area contributed by atoms with Crippen LogP contribution in [0.3, 0.4) is 0 Å². The smallest absolute Gasteiger partial charge is 0.416 e. The summed E-state index contributed by atoms with van der Waals surface area (Å²) in [5.74, 6) is -0.0926. The molecule has 2 aromatic carbocycles. The molecule has 0 bridgehead atoms. The van der Waals surface area contributed by atoms with Gasteiger partial charge >= 0.3 is 6.18 Å². The number of benzene rings is 2. The number of ether oxygens (including phenoxy) is 2. The maximum Gasteiger partial charge on any atom is 0.416 e. The van der Waals surface area contributed by atoms with Crippen LogP contribution in [0.1, 0.15) is 15.9 Å². The summed E-state index contributed by atoms with van der Waals surface area (Å²) in [5.41, 5.74) is 4.67. The molecule has 5 nitrogen and oxygen atoms in total. The number of carbonyl (C=O) groups excluding carboxylic acids is 1. The number of hydrogen-bond donors (Lipinski definition) is 1. The molecule has 1 aromatic heterocycles. The summed E-state index contributed by atoms with van der Waals surface area (Å²) in [7, 11) is 0. The molecule has 144 valence electrons. The van der Waals surface area contributed by atoms with Gasteiger partial charge < -0.3 is 15.2 Å². The van der Waals surface area contributed by atoms with Crippen molar-refractivity contribution in [1.29, 1.82) is 0 Å². The molecule has 0 fully saturated rings. The third-order valence-electron chi connectivity index (χ3n) is 3.54. The lowest BCUT2D eigenvalue weighted by Gasteiger charge is -2.12. The first-order valence-electron chi connectivity index (χ1n) is 7.81. The fourth-order valence-corrected chi connectivity index (χ4v) is 2.68. The summed E-state index contributed by atoms with van der Waals surface area (Å²) < 4.78 is 49.8.